The molecule has 0 heterocycles. The summed E-state index contributed by atoms with van der Waals surface area (Å²) < 4.78 is 41.2. The molecule has 0 saturated carbocycles. The van der Waals surface area contributed by atoms with Gasteiger partial charge in [-0.1, -0.05) is 13.8 Å². The van der Waals surface area contributed by atoms with Crippen molar-refractivity contribution in [3.8, 4) is 0 Å². The summed E-state index contributed by atoms with van der Waals surface area (Å²) in [7, 11) is 0. The topological polar surface area (TPSA) is 46.6 Å². The Morgan fingerprint density at radius 1 is 1.29 bits per heavy atom. The van der Waals surface area contributed by atoms with Gasteiger partial charge in [-0.3, -0.25) is 9.59 Å². The molecule has 0 unspecified atom stereocenters. The van der Waals surface area contributed by atoms with Crippen LogP contribution >= 0.6 is 0 Å². The lowest BCUT2D eigenvalue weighted by atomic mass is 10.2. The Morgan fingerprint density at radius 2 is 1.82 bits per heavy atom. The molecule has 0 saturated heterocycles. The Labute approximate surface area is 97.7 Å². The first-order chi connectivity index (χ1) is 7.68. The molecule has 0 aliphatic heterocycles. The van der Waals surface area contributed by atoms with E-state index in [0.717, 1.165) is 0 Å². The van der Waals surface area contributed by atoms with E-state index in [4.69, 9.17) is 0 Å². The molecule has 0 rings (SSSR count). The summed E-state index contributed by atoms with van der Waals surface area (Å²) in [6.45, 7) is 4.09. The number of ether oxygens (including phenoxy) is 1. The third-order valence-corrected chi connectivity index (χ3v) is 1.74. The maximum atomic E-state index is 12.2. The summed E-state index contributed by atoms with van der Waals surface area (Å²) >= 11 is 0. The maximum absolute atomic E-state index is 12.2. The number of hydrogen-bond donors (Lipinski definition) is 0. The van der Waals surface area contributed by atoms with Crippen molar-refractivity contribution < 1.29 is 27.5 Å². The average molecular weight is 255 g/mol. The summed E-state index contributed by atoms with van der Waals surface area (Å²) in [5.74, 6) is -3.03. The lowest BCUT2D eigenvalue weighted by Crippen LogP contribution is -2.45. The molecule has 0 aromatic carbocycles. The summed E-state index contributed by atoms with van der Waals surface area (Å²) in [6, 6.07) is 0. The van der Waals surface area contributed by atoms with Crippen molar-refractivity contribution in [3.63, 3.8) is 0 Å². The molecule has 0 aliphatic rings. The van der Waals surface area contributed by atoms with Gasteiger partial charge in [0.05, 0.1) is 6.61 Å². The van der Waals surface area contributed by atoms with Gasteiger partial charge in [0, 0.05) is 6.54 Å². The Hall–Kier alpha value is -1.27. The molecular weight excluding hydrogens is 239 g/mol. The maximum Gasteiger partial charge on any atom is 0.471 e. The van der Waals surface area contributed by atoms with Crippen molar-refractivity contribution in [2.75, 3.05) is 19.7 Å². The van der Waals surface area contributed by atoms with Gasteiger partial charge in [0.1, 0.15) is 6.54 Å². The molecule has 0 fully saturated rings. The second kappa shape index (κ2) is 6.46. The molecule has 4 nitrogen and oxygen atoms in total. The standard InChI is InChI=1S/C10H16F3NO3/c1-4-17-8(15)6-14(5-7(2)3)9(16)10(11,12)13/h7H,4-6H2,1-3H3. The van der Waals surface area contributed by atoms with Gasteiger partial charge >= 0.3 is 18.1 Å². The molecule has 7 heteroatoms. The highest BCUT2D eigenvalue weighted by Gasteiger charge is 2.43. The molecule has 0 radical (unpaired) electrons. The Balaban J connectivity index is 4.65. The fourth-order valence-corrected chi connectivity index (χ4v) is 1.20. The quantitative estimate of drug-likeness (QED) is 0.701. The number of nitrogens with zero attached hydrogens (tertiary/aromatic N) is 1. The third-order valence-electron chi connectivity index (χ3n) is 1.74. The Morgan fingerprint density at radius 3 is 2.18 bits per heavy atom. The number of rotatable bonds is 5. The monoisotopic (exact) mass is 255 g/mol. The van der Waals surface area contributed by atoms with Gasteiger partial charge in [-0.15, -0.1) is 0 Å². The van der Waals surface area contributed by atoms with Crippen LogP contribution in [0.1, 0.15) is 20.8 Å². The number of halogens is 3. The lowest BCUT2D eigenvalue weighted by molar-refractivity contribution is -0.187. The van der Waals surface area contributed by atoms with E-state index in [1.165, 1.54) is 6.92 Å². The molecule has 17 heavy (non-hydrogen) atoms. The number of carbonyl (C=O) groups is 2. The van der Waals surface area contributed by atoms with Crippen molar-refractivity contribution in [3.05, 3.63) is 0 Å². The van der Waals surface area contributed by atoms with Crippen molar-refractivity contribution in [2.45, 2.75) is 26.9 Å². The van der Waals surface area contributed by atoms with Crippen LogP contribution in [0.5, 0.6) is 0 Å². The molecule has 0 aliphatic carbocycles. The van der Waals surface area contributed by atoms with E-state index in [1.54, 1.807) is 13.8 Å². The fourth-order valence-electron chi connectivity index (χ4n) is 1.20. The van der Waals surface area contributed by atoms with Crippen LogP contribution in [0, 0.1) is 5.92 Å². The van der Waals surface area contributed by atoms with E-state index in [2.05, 4.69) is 4.74 Å². The molecule has 0 aromatic rings. The zero-order valence-electron chi connectivity index (χ0n) is 10.0. The zero-order chi connectivity index (χ0) is 13.6. The minimum atomic E-state index is -4.97. The smallest absolute Gasteiger partial charge is 0.465 e. The van der Waals surface area contributed by atoms with Gasteiger partial charge in [-0.25, -0.2) is 0 Å². The van der Waals surface area contributed by atoms with Crippen LogP contribution in [0.3, 0.4) is 0 Å². The van der Waals surface area contributed by atoms with Crippen LogP contribution in [0.2, 0.25) is 0 Å². The first kappa shape index (κ1) is 15.7. The Bertz CT molecular complexity index is 276. The molecule has 100 valence electrons. The van der Waals surface area contributed by atoms with Crippen LogP contribution in [0.4, 0.5) is 13.2 Å². The van der Waals surface area contributed by atoms with Crippen LogP contribution in [0.15, 0.2) is 0 Å². The zero-order valence-corrected chi connectivity index (χ0v) is 10.0. The normalized spacial score (nSPS) is 11.5. The van der Waals surface area contributed by atoms with Crippen molar-refractivity contribution in [1.29, 1.82) is 0 Å². The van der Waals surface area contributed by atoms with Gasteiger partial charge in [0.15, 0.2) is 0 Å². The fraction of sp³-hybridized carbons (Fsp3) is 0.800. The minimum absolute atomic E-state index is 0.0640. The SMILES string of the molecule is CCOC(=O)CN(CC(C)C)C(=O)C(F)(F)F. The van der Waals surface area contributed by atoms with E-state index in [9.17, 15) is 22.8 Å². The van der Waals surface area contributed by atoms with E-state index in [-0.39, 0.29) is 19.1 Å². The predicted molar refractivity (Wildman–Crippen MR) is 54.1 cm³/mol. The third kappa shape index (κ3) is 6.13. The van der Waals surface area contributed by atoms with Crippen molar-refractivity contribution in [1.82, 2.24) is 4.90 Å². The molecule has 0 aromatic heterocycles. The lowest BCUT2D eigenvalue weighted by Gasteiger charge is -2.24. The summed E-state index contributed by atoms with van der Waals surface area (Å²) in [5.41, 5.74) is 0. The molecule has 0 atom stereocenters. The van der Waals surface area contributed by atoms with E-state index in [0.29, 0.717) is 4.90 Å². The summed E-state index contributed by atoms with van der Waals surface area (Å²) in [6.07, 6.45) is -4.97. The number of hydrogen-bond acceptors (Lipinski definition) is 3. The van der Waals surface area contributed by atoms with Crippen LogP contribution in [-0.4, -0.2) is 42.6 Å². The van der Waals surface area contributed by atoms with Crippen molar-refractivity contribution >= 4 is 11.9 Å². The summed E-state index contributed by atoms with van der Waals surface area (Å²) in [4.78, 5) is 22.6. The van der Waals surface area contributed by atoms with Crippen molar-refractivity contribution in [2.24, 2.45) is 5.92 Å². The molecule has 1 amide bonds. The largest absolute Gasteiger partial charge is 0.471 e. The first-order valence-electron chi connectivity index (χ1n) is 5.20. The molecule has 0 N–H and O–H groups in total. The van der Waals surface area contributed by atoms with Crippen LogP contribution < -0.4 is 0 Å². The number of carbonyl (C=O) groups excluding carboxylic acids is 2. The highest BCUT2D eigenvalue weighted by atomic mass is 19.4. The number of amides is 1. The molecule has 0 spiro atoms. The average Bonchev–Trinajstić information content (AvgIpc) is 2.13. The van der Waals surface area contributed by atoms with E-state index < -0.39 is 24.6 Å². The first-order valence-corrected chi connectivity index (χ1v) is 5.20. The predicted octanol–water partition coefficient (Wildman–Crippen LogP) is 1.60. The summed E-state index contributed by atoms with van der Waals surface area (Å²) in [5, 5.41) is 0. The highest BCUT2D eigenvalue weighted by molar-refractivity contribution is 5.85. The van der Waals surface area contributed by atoms with E-state index >= 15 is 0 Å². The molecular formula is C10H16F3NO3. The van der Waals surface area contributed by atoms with Gasteiger partial charge in [-0.2, -0.15) is 13.2 Å². The number of alkyl halides is 3. The van der Waals surface area contributed by atoms with Gasteiger partial charge in [0.2, 0.25) is 0 Å². The van der Waals surface area contributed by atoms with E-state index in [1.807, 2.05) is 0 Å². The molecule has 0 bridgehead atoms. The minimum Gasteiger partial charge on any atom is -0.465 e. The van der Waals surface area contributed by atoms with Gasteiger partial charge < -0.3 is 9.64 Å². The Kier molecular flexibility index (Phi) is 5.98. The highest BCUT2D eigenvalue weighted by Crippen LogP contribution is 2.19. The second-order valence-electron chi connectivity index (χ2n) is 3.88. The van der Waals surface area contributed by atoms with Gasteiger partial charge in [0.25, 0.3) is 0 Å². The van der Waals surface area contributed by atoms with Crippen LogP contribution in [-0.2, 0) is 14.3 Å². The number of esters is 1. The van der Waals surface area contributed by atoms with Crippen LogP contribution in [0.25, 0.3) is 0 Å². The van der Waals surface area contributed by atoms with Gasteiger partial charge in [-0.05, 0) is 12.8 Å². The second-order valence-corrected chi connectivity index (χ2v) is 3.88.